The van der Waals surface area contributed by atoms with Crippen molar-refractivity contribution in [2.75, 3.05) is 0 Å². The highest BCUT2D eigenvalue weighted by atomic mass is 32.2. The van der Waals surface area contributed by atoms with E-state index in [0.717, 1.165) is 0 Å². The summed E-state index contributed by atoms with van der Waals surface area (Å²) in [4.78, 5) is 22.0. The molecule has 0 aliphatic rings. The Balaban J connectivity index is 2.98. The molecular weight excluding hydrogens is 282 g/mol. The van der Waals surface area contributed by atoms with Crippen molar-refractivity contribution >= 4 is 21.8 Å². The first-order valence-electron chi connectivity index (χ1n) is 6.14. The van der Waals surface area contributed by atoms with Gasteiger partial charge < -0.3 is 5.11 Å². The van der Waals surface area contributed by atoms with Crippen LogP contribution in [0.25, 0.3) is 0 Å². The number of ketones is 1. The third kappa shape index (κ3) is 4.14. The number of Topliss-reactive ketones (excluding diaryl/α,β-unsaturated/α-hetero) is 1. The van der Waals surface area contributed by atoms with Crippen LogP contribution in [0.3, 0.4) is 0 Å². The van der Waals surface area contributed by atoms with E-state index in [1.54, 1.807) is 6.92 Å². The summed E-state index contributed by atoms with van der Waals surface area (Å²) < 4.78 is 26.2. The van der Waals surface area contributed by atoms with Crippen LogP contribution in [0.2, 0.25) is 0 Å². The van der Waals surface area contributed by atoms with E-state index in [2.05, 4.69) is 4.72 Å². The summed E-state index contributed by atoms with van der Waals surface area (Å²) >= 11 is 0. The number of carbonyl (C=O) groups excluding carboxylic acids is 1. The standard InChI is InChI=1S/C13H17NO5S/c1-3-4-12(13(16)17)14-20(18,19)11-7-5-10(6-8-11)9(2)15/h5-8,12,14H,3-4H2,1-2H3,(H,16,17)/t12-/m1/s1. The Bertz CT molecular complexity index is 592. The average molecular weight is 299 g/mol. The fraction of sp³-hybridized carbons (Fsp3) is 0.385. The van der Waals surface area contributed by atoms with E-state index in [9.17, 15) is 18.0 Å². The number of carboxylic acid groups (broad SMARTS) is 1. The maximum atomic E-state index is 12.0. The highest BCUT2D eigenvalue weighted by Gasteiger charge is 2.24. The molecule has 2 N–H and O–H groups in total. The molecule has 0 unspecified atom stereocenters. The van der Waals surface area contributed by atoms with Crippen molar-refractivity contribution in [1.82, 2.24) is 4.72 Å². The van der Waals surface area contributed by atoms with Crippen LogP contribution in [-0.2, 0) is 14.8 Å². The van der Waals surface area contributed by atoms with E-state index < -0.39 is 22.0 Å². The zero-order valence-corrected chi connectivity index (χ0v) is 12.1. The van der Waals surface area contributed by atoms with E-state index in [1.165, 1.54) is 31.2 Å². The third-order valence-electron chi connectivity index (χ3n) is 2.74. The maximum absolute atomic E-state index is 12.0. The Hall–Kier alpha value is -1.73. The van der Waals surface area contributed by atoms with Crippen molar-refractivity contribution in [3.8, 4) is 0 Å². The topological polar surface area (TPSA) is 101 Å². The van der Waals surface area contributed by atoms with Crippen LogP contribution in [0.1, 0.15) is 37.0 Å². The molecular formula is C13H17NO5S. The van der Waals surface area contributed by atoms with Crippen LogP contribution in [0.4, 0.5) is 0 Å². The smallest absolute Gasteiger partial charge is 0.321 e. The van der Waals surface area contributed by atoms with Gasteiger partial charge >= 0.3 is 5.97 Å². The van der Waals surface area contributed by atoms with Gasteiger partial charge in [-0.1, -0.05) is 25.5 Å². The van der Waals surface area contributed by atoms with Crippen molar-refractivity contribution < 1.29 is 23.1 Å². The quantitative estimate of drug-likeness (QED) is 0.742. The number of nitrogens with one attached hydrogen (secondary N) is 1. The van der Waals surface area contributed by atoms with Gasteiger partial charge in [-0.2, -0.15) is 4.72 Å². The summed E-state index contributed by atoms with van der Waals surface area (Å²) in [5, 5.41) is 8.96. The molecule has 6 nitrogen and oxygen atoms in total. The molecule has 0 fully saturated rings. The van der Waals surface area contributed by atoms with Crippen LogP contribution in [0.5, 0.6) is 0 Å². The lowest BCUT2D eigenvalue weighted by molar-refractivity contribution is -0.139. The van der Waals surface area contributed by atoms with Gasteiger partial charge in [0.05, 0.1) is 4.90 Å². The Morgan fingerprint density at radius 3 is 2.20 bits per heavy atom. The second kappa shape index (κ2) is 6.62. The van der Waals surface area contributed by atoms with Crippen LogP contribution in [-0.4, -0.2) is 31.3 Å². The molecule has 1 aromatic carbocycles. The molecule has 0 radical (unpaired) electrons. The molecule has 0 saturated heterocycles. The molecule has 0 amide bonds. The molecule has 1 atom stereocenters. The van der Waals surface area contributed by atoms with Crippen molar-refractivity contribution in [2.45, 2.75) is 37.6 Å². The third-order valence-corrected chi connectivity index (χ3v) is 4.23. The summed E-state index contributed by atoms with van der Waals surface area (Å²) in [6, 6.07) is 4.20. The van der Waals surface area contributed by atoms with Crippen LogP contribution in [0.15, 0.2) is 29.2 Å². The fourth-order valence-electron chi connectivity index (χ4n) is 1.65. The highest BCUT2D eigenvalue weighted by molar-refractivity contribution is 7.89. The van der Waals surface area contributed by atoms with Crippen molar-refractivity contribution in [2.24, 2.45) is 0 Å². The number of aliphatic carboxylic acids is 1. The molecule has 110 valence electrons. The van der Waals surface area contributed by atoms with Crippen molar-refractivity contribution in [3.63, 3.8) is 0 Å². The molecule has 0 heterocycles. The lowest BCUT2D eigenvalue weighted by Gasteiger charge is -2.14. The molecule has 0 aliphatic carbocycles. The van der Waals surface area contributed by atoms with Gasteiger partial charge in [-0.3, -0.25) is 9.59 Å². The summed E-state index contributed by atoms with van der Waals surface area (Å²) in [5.41, 5.74) is 0.396. The summed E-state index contributed by atoms with van der Waals surface area (Å²) in [7, 11) is -3.91. The van der Waals surface area contributed by atoms with E-state index in [0.29, 0.717) is 12.0 Å². The van der Waals surface area contributed by atoms with Gasteiger partial charge in [-0.05, 0) is 25.5 Å². The first kappa shape index (κ1) is 16.3. The Morgan fingerprint density at radius 1 is 1.25 bits per heavy atom. The van der Waals surface area contributed by atoms with Crippen molar-refractivity contribution in [3.05, 3.63) is 29.8 Å². The van der Waals surface area contributed by atoms with E-state index in [1.807, 2.05) is 0 Å². The molecule has 0 spiro atoms. The molecule has 0 aromatic heterocycles. The number of hydrogen-bond acceptors (Lipinski definition) is 4. The lowest BCUT2D eigenvalue weighted by Crippen LogP contribution is -2.40. The van der Waals surface area contributed by atoms with Crippen molar-refractivity contribution in [1.29, 1.82) is 0 Å². The predicted molar refractivity (Wildman–Crippen MR) is 73.1 cm³/mol. The summed E-state index contributed by atoms with van der Waals surface area (Å²) in [6.07, 6.45) is 0.753. The minimum atomic E-state index is -3.91. The number of rotatable bonds is 7. The summed E-state index contributed by atoms with van der Waals surface area (Å²) in [5.74, 6) is -1.38. The first-order valence-corrected chi connectivity index (χ1v) is 7.62. The van der Waals surface area contributed by atoms with Gasteiger partial charge in [-0.15, -0.1) is 0 Å². The van der Waals surface area contributed by atoms with Gasteiger partial charge in [0.1, 0.15) is 6.04 Å². The zero-order chi connectivity index (χ0) is 15.3. The molecule has 1 rings (SSSR count). The molecule has 1 aromatic rings. The molecule has 7 heteroatoms. The van der Waals surface area contributed by atoms with Gasteiger partial charge in [0.15, 0.2) is 5.78 Å². The number of carbonyl (C=O) groups is 2. The highest BCUT2D eigenvalue weighted by Crippen LogP contribution is 2.12. The molecule has 20 heavy (non-hydrogen) atoms. The number of carboxylic acids is 1. The summed E-state index contributed by atoms with van der Waals surface area (Å²) in [6.45, 7) is 3.15. The van der Waals surface area contributed by atoms with Crippen LogP contribution >= 0.6 is 0 Å². The van der Waals surface area contributed by atoms with E-state index in [4.69, 9.17) is 5.11 Å². The van der Waals surface area contributed by atoms with Gasteiger partial charge in [0.25, 0.3) is 0 Å². The monoisotopic (exact) mass is 299 g/mol. The molecule has 0 saturated carbocycles. The Kier molecular flexibility index (Phi) is 5.41. The second-order valence-corrected chi connectivity index (χ2v) is 6.10. The Morgan fingerprint density at radius 2 is 1.80 bits per heavy atom. The maximum Gasteiger partial charge on any atom is 0.321 e. The minimum absolute atomic E-state index is 0.0650. The second-order valence-electron chi connectivity index (χ2n) is 4.38. The fourth-order valence-corrected chi connectivity index (χ4v) is 2.87. The van der Waals surface area contributed by atoms with Crippen LogP contribution < -0.4 is 4.72 Å². The average Bonchev–Trinajstić information content (AvgIpc) is 2.38. The normalized spacial score (nSPS) is 12.9. The minimum Gasteiger partial charge on any atom is -0.480 e. The zero-order valence-electron chi connectivity index (χ0n) is 11.3. The van der Waals surface area contributed by atoms with E-state index in [-0.39, 0.29) is 17.1 Å². The number of benzene rings is 1. The largest absolute Gasteiger partial charge is 0.480 e. The molecule has 0 aliphatic heterocycles. The number of sulfonamides is 1. The SMILES string of the molecule is CCC[C@@H](NS(=O)(=O)c1ccc(C(C)=O)cc1)C(=O)O. The molecule has 0 bridgehead atoms. The lowest BCUT2D eigenvalue weighted by atomic mass is 10.2. The first-order chi connectivity index (χ1) is 9.27. The predicted octanol–water partition coefficient (Wildman–Crippen LogP) is 1.42. The van der Waals surface area contributed by atoms with Gasteiger partial charge in [0, 0.05) is 5.56 Å². The van der Waals surface area contributed by atoms with Gasteiger partial charge in [-0.25, -0.2) is 8.42 Å². The van der Waals surface area contributed by atoms with E-state index >= 15 is 0 Å². The number of hydrogen-bond donors (Lipinski definition) is 2. The van der Waals surface area contributed by atoms with Crippen LogP contribution in [0, 0.1) is 0 Å². The Labute approximate surface area is 117 Å². The van der Waals surface area contributed by atoms with Gasteiger partial charge in [0.2, 0.25) is 10.0 Å².